The van der Waals surface area contributed by atoms with E-state index in [0.717, 1.165) is 5.56 Å². The van der Waals surface area contributed by atoms with Crippen molar-refractivity contribution in [1.29, 1.82) is 0 Å². The predicted octanol–water partition coefficient (Wildman–Crippen LogP) is 4.36. The van der Waals surface area contributed by atoms with Crippen LogP contribution in [0, 0.1) is 18.3 Å². The van der Waals surface area contributed by atoms with Gasteiger partial charge in [0.15, 0.2) is 9.84 Å². The van der Waals surface area contributed by atoms with Gasteiger partial charge in [0.25, 0.3) is 0 Å². The van der Waals surface area contributed by atoms with E-state index in [9.17, 15) is 13.2 Å². The van der Waals surface area contributed by atoms with Gasteiger partial charge in [0, 0.05) is 5.92 Å². The normalized spacial score (nSPS) is 27.3. The van der Waals surface area contributed by atoms with Crippen LogP contribution in [0.2, 0.25) is 0 Å². The van der Waals surface area contributed by atoms with Crippen LogP contribution in [-0.2, 0) is 14.6 Å². The Morgan fingerprint density at radius 2 is 1.50 bits per heavy atom. The summed E-state index contributed by atoms with van der Waals surface area (Å²) in [6, 6.07) is 6.15. The molecule has 2 heterocycles. The minimum atomic E-state index is -3.63. The molecule has 4 atom stereocenters. The number of amides is 1. The Morgan fingerprint density at radius 3 is 2.00 bits per heavy atom. The zero-order chi connectivity index (χ0) is 21.1. The van der Waals surface area contributed by atoms with Gasteiger partial charge in [0.05, 0.1) is 22.2 Å². The van der Waals surface area contributed by atoms with E-state index in [2.05, 4.69) is 0 Å². The number of carbonyl (C=O) groups is 1. The molecule has 0 radical (unpaired) electrons. The number of fused-ring (bicyclic) bond motifs is 2. The lowest BCUT2D eigenvalue weighted by Gasteiger charge is -2.36. The first-order valence-electron chi connectivity index (χ1n) is 9.74. The predicted molar refractivity (Wildman–Crippen MR) is 110 cm³/mol. The van der Waals surface area contributed by atoms with Gasteiger partial charge in [-0.05, 0) is 45.2 Å². The number of hydrogen-bond acceptors (Lipinski definition) is 4. The number of benzene rings is 1. The van der Waals surface area contributed by atoms with E-state index in [4.69, 9.17) is 4.74 Å². The maximum atomic E-state index is 13.6. The second-order valence-corrected chi connectivity index (χ2v) is 12.1. The topological polar surface area (TPSA) is 63.7 Å². The SMILES string of the molecule is Cc1ccc(S(=O)(=O)[C@H]2[C@H](C(C)(C)C)[C@H]3C=C[C@@H]2N3C(=O)OC(C)(C)C)cc1. The quantitative estimate of drug-likeness (QED) is 0.686. The molecular weight excluding hydrogens is 374 g/mol. The summed E-state index contributed by atoms with van der Waals surface area (Å²) < 4.78 is 32.9. The average Bonchev–Trinajstić information content (AvgIpc) is 3.09. The third kappa shape index (κ3) is 3.59. The highest BCUT2D eigenvalue weighted by molar-refractivity contribution is 7.92. The van der Waals surface area contributed by atoms with Crippen molar-refractivity contribution in [3.63, 3.8) is 0 Å². The molecule has 0 aliphatic carbocycles. The van der Waals surface area contributed by atoms with Gasteiger partial charge in [0.2, 0.25) is 0 Å². The molecule has 1 saturated heterocycles. The first-order chi connectivity index (χ1) is 12.7. The van der Waals surface area contributed by atoms with Gasteiger partial charge in [-0.1, -0.05) is 50.6 Å². The first-order valence-corrected chi connectivity index (χ1v) is 11.3. The molecule has 1 aromatic rings. The summed E-state index contributed by atoms with van der Waals surface area (Å²) in [6.45, 7) is 13.5. The fraction of sp³-hybridized carbons (Fsp3) is 0.591. The zero-order valence-corrected chi connectivity index (χ0v) is 18.6. The number of sulfone groups is 1. The Hall–Kier alpha value is -1.82. The van der Waals surface area contributed by atoms with E-state index < -0.39 is 32.8 Å². The summed E-state index contributed by atoms with van der Waals surface area (Å²) in [6.07, 6.45) is 3.36. The van der Waals surface area contributed by atoms with Crippen LogP contribution in [-0.4, -0.2) is 42.3 Å². The Kier molecular flexibility index (Phi) is 4.94. The summed E-state index contributed by atoms with van der Waals surface area (Å²) in [5.74, 6) is -0.221. The van der Waals surface area contributed by atoms with Crippen molar-refractivity contribution in [3.8, 4) is 0 Å². The maximum absolute atomic E-state index is 13.6. The van der Waals surface area contributed by atoms with Crippen molar-refractivity contribution >= 4 is 15.9 Å². The summed E-state index contributed by atoms with van der Waals surface area (Å²) in [5.41, 5.74) is 0.0729. The molecule has 0 N–H and O–H groups in total. The van der Waals surface area contributed by atoms with Gasteiger partial charge < -0.3 is 4.74 Å². The molecule has 2 aliphatic rings. The van der Waals surface area contributed by atoms with E-state index in [1.54, 1.807) is 17.0 Å². The Labute approximate surface area is 168 Å². The van der Waals surface area contributed by atoms with Gasteiger partial charge in [-0.2, -0.15) is 0 Å². The molecule has 3 rings (SSSR count). The van der Waals surface area contributed by atoms with Crippen molar-refractivity contribution in [3.05, 3.63) is 42.0 Å². The third-order valence-electron chi connectivity index (χ3n) is 5.52. The molecule has 154 valence electrons. The molecule has 5 nitrogen and oxygen atoms in total. The minimum Gasteiger partial charge on any atom is -0.444 e. The molecule has 0 saturated carbocycles. The van der Waals surface area contributed by atoms with Crippen LogP contribution in [0.1, 0.15) is 47.1 Å². The average molecular weight is 406 g/mol. The molecule has 1 fully saturated rings. The molecule has 0 spiro atoms. The number of rotatable bonds is 2. The molecule has 2 bridgehead atoms. The van der Waals surface area contributed by atoms with Gasteiger partial charge in [-0.3, -0.25) is 4.90 Å². The van der Waals surface area contributed by atoms with Crippen molar-refractivity contribution < 1.29 is 17.9 Å². The number of ether oxygens (including phenoxy) is 1. The Morgan fingerprint density at radius 1 is 0.964 bits per heavy atom. The van der Waals surface area contributed by atoms with Crippen LogP contribution < -0.4 is 0 Å². The van der Waals surface area contributed by atoms with Crippen LogP contribution >= 0.6 is 0 Å². The summed E-state index contributed by atoms with van der Waals surface area (Å²) in [7, 11) is -3.63. The smallest absolute Gasteiger partial charge is 0.411 e. The fourth-order valence-electron chi connectivity index (χ4n) is 4.40. The molecular formula is C22H31NO4S. The molecule has 2 aliphatic heterocycles. The largest absolute Gasteiger partial charge is 0.444 e. The molecule has 28 heavy (non-hydrogen) atoms. The van der Waals surface area contributed by atoms with E-state index in [1.807, 2.05) is 72.8 Å². The van der Waals surface area contributed by atoms with Crippen molar-refractivity contribution in [2.75, 3.05) is 0 Å². The highest BCUT2D eigenvalue weighted by Gasteiger charge is 2.61. The van der Waals surface area contributed by atoms with E-state index >= 15 is 0 Å². The van der Waals surface area contributed by atoms with Crippen LogP contribution in [0.25, 0.3) is 0 Å². The lowest BCUT2D eigenvalue weighted by molar-refractivity contribution is 0.0206. The maximum Gasteiger partial charge on any atom is 0.411 e. The molecule has 0 unspecified atom stereocenters. The fourth-order valence-corrected chi connectivity index (χ4v) is 6.78. The molecule has 1 amide bonds. The monoisotopic (exact) mass is 405 g/mol. The molecule has 1 aromatic carbocycles. The van der Waals surface area contributed by atoms with E-state index in [1.165, 1.54) is 0 Å². The summed E-state index contributed by atoms with van der Waals surface area (Å²) in [5, 5.41) is -0.697. The lowest BCUT2D eigenvalue weighted by atomic mass is 9.74. The summed E-state index contributed by atoms with van der Waals surface area (Å²) in [4.78, 5) is 14.8. The van der Waals surface area contributed by atoms with Crippen molar-refractivity contribution in [1.82, 2.24) is 4.90 Å². The molecule has 6 heteroatoms. The standard InChI is InChI=1S/C22H31NO4S/c1-14-8-10-15(11-9-14)28(25,26)19-17-13-12-16(18(19)21(2,3)4)23(17)20(24)27-22(5,6)7/h8-13,16-19H,1-7H3/t16-,17+,18-,19-/m1/s1. The summed E-state index contributed by atoms with van der Waals surface area (Å²) >= 11 is 0. The van der Waals surface area contributed by atoms with Gasteiger partial charge in [-0.25, -0.2) is 13.2 Å². The second-order valence-electron chi connectivity index (χ2n) is 9.97. The highest BCUT2D eigenvalue weighted by atomic mass is 32.2. The third-order valence-corrected chi connectivity index (χ3v) is 7.74. The number of carbonyl (C=O) groups excluding carboxylic acids is 1. The highest BCUT2D eigenvalue weighted by Crippen LogP contribution is 2.50. The first kappa shape index (κ1) is 20.9. The second kappa shape index (κ2) is 6.61. The lowest BCUT2D eigenvalue weighted by Crippen LogP contribution is -2.43. The Balaban J connectivity index is 2.05. The number of nitrogens with zero attached hydrogens (tertiary/aromatic N) is 1. The minimum absolute atomic E-state index is 0.221. The van der Waals surface area contributed by atoms with Crippen molar-refractivity contribution in [2.45, 2.75) is 76.3 Å². The van der Waals surface area contributed by atoms with Crippen LogP contribution in [0.15, 0.2) is 41.3 Å². The number of aryl methyl sites for hydroxylation is 1. The van der Waals surface area contributed by atoms with E-state index in [-0.39, 0.29) is 17.4 Å². The van der Waals surface area contributed by atoms with E-state index in [0.29, 0.717) is 4.90 Å². The van der Waals surface area contributed by atoms with Gasteiger partial charge in [0.1, 0.15) is 5.60 Å². The van der Waals surface area contributed by atoms with Gasteiger partial charge >= 0.3 is 6.09 Å². The Bertz CT molecular complexity index is 888. The zero-order valence-electron chi connectivity index (χ0n) is 17.8. The van der Waals surface area contributed by atoms with Crippen molar-refractivity contribution in [2.24, 2.45) is 11.3 Å². The molecule has 0 aromatic heterocycles. The van der Waals surface area contributed by atoms with Crippen LogP contribution in [0.4, 0.5) is 4.79 Å². The van der Waals surface area contributed by atoms with Gasteiger partial charge in [-0.15, -0.1) is 0 Å². The van der Waals surface area contributed by atoms with Crippen LogP contribution in [0.5, 0.6) is 0 Å². The van der Waals surface area contributed by atoms with Crippen LogP contribution in [0.3, 0.4) is 0 Å². The number of hydrogen-bond donors (Lipinski definition) is 0.